The Morgan fingerprint density at radius 3 is 2.90 bits per heavy atom. The van der Waals surface area contributed by atoms with Gasteiger partial charge in [0.05, 0.1) is 6.61 Å². The smallest absolute Gasteiger partial charge is 0.261 e. The molecular weight excluding hydrogens is 252 g/mol. The zero-order valence-electron chi connectivity index (χ0n) is 12.0. The third-order valence-electron chi connectivity index (χ3n) is 2.66. The first-order valence-electron chi connectivity index (χ1n) is 6.84. The Balaban J connectivity index is 2.80. The van der Waals surface area contributed by atoms with Gasteiger partial charge >= 0.3 is 0 Å². The largest absolute Gasteiger partial charge is 0.494 e. The van der Waals surface area contributed by atoms with Crippen molar-refractivity contribution in [3.63, 3.8) is 0 Å². The number of nitrogens with zero attached hydrogens (tertiary/aromatic N) is 1. The summed E-state index contributed by atoms with van der Waals surface area (Å²) >= 11 is 0. The molecule has 20 heavy (non-hydrogen) atoms. The third-order valence-corrected chi connectivity index (χ3v) is 2.66. The van der Waals surface area contributed by atoms with E-state index in [2.05, 4.69) is 5.32 Å². The second-order valence-electron chi connectivity index (χ2n) is 4.28. The van der Waals surface area contributed by atoms with Crippen molar-refractivity contribution in [3.05, 3.63) is 35.4 Å². The van der Waals surface area contributed by atoms with Crippen LogP contribution in [-0.2, 0) is 4.79 Å². The number of nitrogens with one attached hydrogen (secondary N) is 1. The number of rotatable bonds is 7. The normalized spacial score (nSPS) is 10.8. The van der Waals surface area contributed by atoms with Crippen molar-refractivity contribution >= 4 is 12.0 Å². The van der Waals surface area contributed by atoms with Gasteiger partial charge in [-0.25, -0.2) is 0 Å². The Morgan fingerprint density at radius 1 is 1.45 bits per heavy atom. The molecular formula is C16H20N2O2. The molecule has 106 valence electrons. The second-order valence-corrected chi connectivity index (χ2v) is 4.28. The van der Waals surface area contributed by atoms with Crippen LogP contribution in [0.25, 0.3) is 6.08 Å². The van der Waals surface area contributed by atoms with E-state index < -0.39 is 0 Å². The van der Waals surface area contributed by atoms with Crippen molar-refractivity contribution < 1.29 is 9.53 Å². The number of amides is 1. The number of unbranched alkanes of at least 4 members (excludes halogenated alkanes) is 1. The fourth-order valence-corrected chi connectivity index (χ4v) is 1.65. The SMILES string of the molecule is CCCCNC(=O)/C(C#N)=C/c1cccc(OCC)c1. The summed E-state index contributed by atoms with van der Waals surface area (Å²) in [6.45, 7) is 5.12. The lowest BCUT2D eigenvalue weighted by molar-refractivity contribution is -0.117. The molecule has 0 unspecified atom stereocenters. The van der Waals surface area contributed by atoms with Crippen LogP contribution in [0.5, 0.6) is 5.75 Å². The molecule has 0 saturated carbocycles. The minimum absolute atomic E-state index is 0.106. The van der Waals surface area contributed by atoms with Crippen LogP contribution in [0.4, 0.5) is 0 Å². The number of benzene rings is 1. The summed E-state index contributed by atoms with van der Waals surface area (Å²) in [5.74, 6) is 0.396. The molecule has 0 spiro atoms. The first-order chi connectivity index (χ1) is 9.71. The summed E-state index contributed by atoms with van der Waals surface area (Å²) in [6, 6.07) is 9.25. The molecule has 4 nitrogen and oxygen atoms in total. The van der Waals surface area contributed by atoms with Gasteiger partial charge < -0.3 is 10.1 Å². The maximum Gasteiger partial charge on any atom is 0.261 e. The number of hydrogen-bond acceptors (Lipinski definition) is 3. The molecule has 0 aliphatic rings. The maximum atomic E-state index is 11.8. The van der Waals surface area contributed by atoms with Gasteiger partial charge in [-0.3, -0.25) is 4.79 Å². The Hall–Kier alpha value is -2.28. The van der Waals surface area contributed by atoms with E-state index in [0.717, 1.165) is 24.2 Å². The van der Waals surface area contributed by atoms with E-state index in [4.69, 9.17) is 10.00 Å². The fourth-order valence-electron chi connectivity index (χ4n) is 1.65. The monoisotopic (exact) mass is 272 g/mol. The summed E-state index contributed by atoms with van der Waals surface area (Å²) in [7, 11) is 0. The van der Waals surface area contributed by atoms with E-state index in [1.54, 1.807) is 12.1 Å². The molecule has 0 aliphatic carbocycles. The van der Waals surface area contributed by atoms with E-state index in [-0.39, 0.29) is 11.5 Å². The molecule has 4 heteroatoms. The van der Waals surface area contributed by atoms with Crippen molar-refractivity contribution in [2.45, 2.75) is 26.7 Å². The van der Waals surface area contributed by atoms with Crippen LogP contribution in [0.2, 0.25) is 0 Å². The quantitative estimate of drug-likeness (QED) is 0.471. The standard InChI is InChI=1S/C16H20N2O2/c1-3-5-9-18-16(19)14(12-17)10-13-7-6-8-15(11-13)20-4-2/h6-8,10-11H,3-5,9H2,1-2H3,(H,18,19)/b14-10+. The van der Waals surface area contributed by atoms with E-state index in [0.29, 0.717) is 13.2 Å². The van der Waals surface area contributed by atoms with Gasteiger partial charge in [0.1, 0.15) is 17.4 Å². The summed E-state index contributed by atoms with van der Waals surface area (Å²) in [4.78, 5) is 11.8. The summed E-state index contributed by atoms with van der Waals surface area (Å²) < 4.78 is 5.39. The summed E-state index contributed by atoms with van der Waals surface area (Å²) in [5.41, 5.74) is 0.882. The molecule has 0 atom stereocenters. The zero-order chi connectivity index (χ0) is 14.8. The first kappa shape index (κ1) is 15.8. The highest BCUT2D eigenvalue weighted by Crippen LogP contribution is 2.15. The van der Waals surface area contributed by atoms with Crippen molar-refractivity contribution in [1.82, 2.24) is 5.32 Å². The second kappa shape index (κ2) is 8.76. The molecule has 1 rings (SSSR count). The highest BCUT2D eigenvalue weighted by Gasteiger charge is 2.08. The van der Waals surface area contributed by atoms with Gasteiger partial charge in [0.25, 0.3) is 5.91 Å². The Kier molecular flexibility index (Phi) is 6.91. The highest BCUT2D eigenvalue weighted by molar-refractivity contribution is 6.01. The number of carbonyl (C=O) groups is 1. The van der Waals surface area contributed by atoms with Gasteiger partial charge in [0.15, 0.2) is 0 Å². The molecule has 1 amide bonds. The lowest BCUT2D eigenvalue weighted by Crippen LogP contribution is -2.25. The molecule has 1 aromatic rings. The van der Waals surface area contributed by atoms with Crippen LogP contribution in [0.1, 0.15) is 32.3 Å². The van der Waals surface area contributed by atoms with Crippen LogP contribution in [-0.4, -0.2) is 19.1 Å². The minimum atomic E-state index is -0.331. The van der Waals surface area contributed by atoms with Crippen LogP contribution in [0.3, 0.4) is 0 Å². The van der Waals surface area contributed by atoms with E-state index in [9.17, 15) is 4.79 Å². The van der Waals surface area contributed by atoms with E-state index in [1.807, 2.05) is 38.1 Å². The van der Waals surface area contributed by atoms with Crippen LogP contribution >= 0.6 is 0 Å². The zero-order valence-corrected chi connectivity index (χ0v) is 12.0. The summed E-state index contributed by atoms with van der Waals surface area (Å²) in [6.07, 6.45) is 3.48. The Bertz CT molecular complexity index is 515. The lowest BCUT2D eigenvalue weighted by atomic mass is 10.1. The van der Waals surface area contributed by atoms with Crippen molar-refractivity contribution in [1.29, 1.82) is 5.26 Å². The summed E-state index contributed by atoms with van der Waals surface area (Å²) in [5, 5.41) is 11.8. The van der Waals surface area contributed by atoms with Crippen LogP contribution in [0, 0.1) is 11.3 Å². The molecule has 0 saturated heterocycles. The fraction of sp³-hybridized carbons (Fsp3) is 0.375. The van der Waals surface area contributed by atoms with Gasteiger partial charge in [0, 0.05) is 6.54 Å². The Labute approximate surface area is 120 Å². The van der Waals surface area contributed by atoms with Gasteiger partial charge in [-0.1, -0.05) is 25.5 Å². The third kappa shape index (κ3) is 5.15. The van der Waals surface area contributed by atoms with Crippen molar-refractivity contribution in [2.75, 3.05) is 13.2 Å². The van der Waals surface area contributed by atoms with Gasteiger partial charge in [-0.15, -0.1) is 0 Å². The number of ether oxygens (including phenoxy) is 1. The van der Waals surface area contributed by atoms with Crippen molar-refractivity contribution in [3.8, 4) is 11.8 Å². The van der Waals surface area contributed by atoms with Crippen LogP contribution < -0.4 is 10.1 Å². The first-order valence-corrected chi connectivity index (χ1v) is 6.84. The molecule has 0 heterocycles. The molecule has 0 aliphatic heterocycles. The van der Waals surface area contributed by atoms with Gasteiger partial charge in [-0.2, -0.15) is 5.26 Å². The highest BCUT2D eigenvalue weighted by atomic mass is 16.5. The number of carbonyl (C=O) groups excluding carboxylic acids is 1. The topological polar surface area (TPSA) is 62.1 Å². The molecule has 0 aromatic heterocycles. The van der Waals surface area contributed by atoms with Gasteiger partial charge in [-0.05, 0) is 37.1 Å². The molecule has 0 fully saturated rings. The average molecular weight is 272 g/mol. The average Bonchev–Trinajstić information content (AvgIpc) is 2.45. The molecule has 1 aromatic carbocycles. The van der Waals surface area contributed by atoms with Crippen LogP contribution in [0.15, 0.2) is 29.8 Å². The van der Waals surface area contributed by atoms with Crippen molar-refractivity contribution in [2.24, 2.45) is 0 Å². The maximum absolute atomic E-state index is 11.8. The predicted octanol–water partition coefficient (Wildman–Crippen LogP) is 2.91. The molecule has 1 N–H and O–H groups in total. The Morgan fingerprint density at radius 2 is 2.25 bits per heavy atom. The predicted molar refractivity (Wildman–Crippen MR) is 79.1 cm³/mol. The van der Waals surface area contributed by atoms with E-state index >= 15 is 0 Å². The number of hydrogen-bond donors (Lipinski definition) is 1. The lowest BCUT2D eigenvalue weighted by Gasteiger charge is -2.05. The molecule has 0 radical (unpaired) electrons. The number of nitriles is 1. The van der Waals surface area contributed by atoms with Gasteiger partial charge in [0.2, 0.25) is 0 Å². The van der Waals surface area contributed by atoms with E-state index in [1.165, 1.54) is 0 Å². The minimum Gasteiger partial charge on any atom is -0.494 e. The molecule has 0 bridgehead atoms.